The number of imidazole rings is 1. The maximum absolute atomic E-state index is 13.2. The zero-order valence-corrected chi connectivity index (χ0v) is 16.8. The fourth-order valence-electron chi connectivity index (χ4n) is 3.39. The molecule has 2 aromatic rings. The average molecular weight is 395 g/mol. The fraction of sp³-hybridized carbons (Fsp3) is 0.526. The van der Waals surface area contributed by atoms with Gasteiger partial charge in [0.1, 0.15) is 5.82 Å². The Balaban J connectivity index is 1.93. The summed E-state index contributed by atoms with van der Waals surface area (Å²) in [6.45, 7) is 3.85. The monoisotopic (exact) mass is 394 g/mol. The summed E-state index contributed by atoms with van der Waals surface area (Å²) >= 11 is 0. The molecule has 1 aliphatic rings. The second-order valence-electron chi connectivity index (χ2n) is 7.01. The number of aromatic nitrogens is 2. The summed E-state index contributed by atoms with van der Waals surface area (Å²) < 4.78 is 42.2. The van der Waals surface area contributed by atoms with Crippen LogP contribution in [0.1, 0.15) is 38.2 Å². The number of anilines is 2. The lowest BCUT2D eigenvalue weighted by atomic mass is 10.1. The molecule has 1 fully saturated rings. The molecule has 0 atom stereocenters. The number of nitrogens with zero attached hydrogens (tertiary/aromatic N) is 4. The fourth-order valence-corrected chi connectivity index (χ4v) is 4.85. The van der Waals surface area contributed by atoms with Gasteiger partial charge in [-0.2, -0.15) is 4.98 Å². The van der Waals surface area contributed by atoms with Crippen LogP contribution in [0.5, 0.6) is 0 Å². The second-order valence-corrected chi connectivity index (χ2v) is 9.02. The van der Waals surface area contributed by atoms with Crippen molar-refractivity contribution in [2.45, 2.75) is 39.2 Å². The number of rotatable bonds is 7. The number of halogens is 1. The molecule has 3 rings (SSSR count). The van der Waals surface area contributed by atoms with Crippen molar-refractivity contribution in [3.63, 3.8) is 0 Å². The zero-order valence-electron chi connectivity index (χ0n) is 15.9. The van der Waals surface area contributed by atoms with Crippen LogP contribution >= 0.6 is 0 Å². The van der Waals surface area contributed by atoms with E-state index < -0.39 is 10.0 Å². The molecule has 1 aliphatic heterocycles. The second kappa shape index (κ2) is 8.29. The van der Waals surface area contributed by atoms with Gasteiger partial charge < -0.3 is 9.47 Å². The highest BCUT2D eigenvalue weighted by atomic mass is 32.2. The first kappa shape index (κ1) is 19.7. The van der Waals surface area contributed by atoms with Crippen LogP contribution in [0.2, 0.25) is 0 Å². The van der Waals surface area contributed by atoms with Crippen LogP contribution in [0.3, 0.4) is 0 Å². The lowest BCUT2D eigenvalue weighted by molar-refractivity contribution is 0.562. The van der Waals surface area contributed by atoms with Crippen molar-refractivity contribution in [3.8, 4) is 0 Å². The summed E-state index contributed by atoms with van der Waals surface area (Å²) in [5.41, 5.74) is 0.723. The number of piperidine rings is 1. The van der Waals surface area contributed by atoms with E-state index in [-0.39, 0.29) is 18.1 Å². The number of sulfonamides is 1. The van der Waals surface area contributed by atoms with E-state index in [1.54, 1.807) is 18.3 Å². The lowest BCUT2D eigenvalue weighted by Gasteiger charge is -2.27. The van der Waals surface area contributed by atoms with Gasteiger partial charge in [0.25, 0.3) is 0 Å². The molecular weight excluding hydrogens is 367 g/mol. The number of hydrogen-bond acceptors (Lipinski definition) is 4. The van der Waals surface area contributed by atoms with E-state index in [9.17, 15) is 12.8 Å². The smallest absolute Gasteiger partial charge is 0.236 e. The van der Waals surface area contributed by atoms with Gasteiger partial charge in [0.2, 0.25) is 16.0 Å². The van der Waals surface area contributed by atoms with Gasteiger partial charge in [0.05, 0.1) is 18.5 Å². The first-order valence-electron chi connectivity index (χ1n) is 9.44. The van der Waals surface area contributed by atoms with Crippen molar-refractivity contribution in [2.75, 3.05) is 28.0 Å². The molecule has 0 N–H and O–H groups in total. The van der Waals surface area contributed by atoms with Gasteiger partial charge in [0.15, 0.2) is 5.82 Å². The summed E-state index contributed by atoms with van der Waals surface area (Å²) in [6.07, 6.45) is 5.75. The van der Waals surface area contributed by atoms with E-state index in [2.05, 4.69) is 9.88 Å². The first-order chi connectivity index (χ1) is 12.9. The van der Waals surface area contributed by atoms with Gasteiger partial charge in [-0.05, 0) is 43.4 Å². The minimum absolute atomic E-state index is 0.0455. The molecule has 1 saturated heterocycles. The quantitative estimate of drug-likeness (QED) is 0.723. The highest BCUT2D eigenvalue weighted by molar-refractivity contribution is 7.92. The van der Waals surface area contributed by atoms with Crippen molar-refractivity contribution in [2.24, 2.45) is 7.05 Å². The van der Waals surface area contributed by atoms with E-state index in [0.717, 1.165) is 37.4 Å². The van der Waals surface area contributed by atoms with E-state index >= 15 is 0 Å². The molecular formula is C19H27FN4O2S. The van der Waals surface area contributed by atoms with Crippen LogP contribution in [0.25, 0.3) is 0 Å². The van der Waals surface area contributed by atoms with Gasteiger partial charge in [-0.3, -0.25) is 0 Å². The minimum atomic E-state index is -3.52. The topological polar surface area (TPSA) is 58.4 Å². The Hall–Kier alpha value is -2.09. The van der Waals surface area contributed by atoms with Gasteiger partial charge in [0, 0.05) is 20.1 Å². The summed E-state index contributed by atoms with van der Waals surface area (Å²) in [5, 5.41) is 0. The summed E-state index contributed by atoms with van der Waals surface area (Å²) in [6, 6.07) is 5.91. The third-order valence-electron chi connectivity index (χ3n) is 4.77. The van der Waals surface area contributed by atoms with Crippen molar-refractivity contribution in [3.05, 3.63) is 41.8 Å². The molecule has 0 unspecified atom stereocenters. The molecule has 27 heavy (non-hydrogen) atoms. The number of hydrogen-bond donors (Lipinski definition) is 0. The van der Waals surface area contributed by atoms with E-state index in [1.165, 1.54) is 22.9 Å². The SMILES string of the molecule is CCCS(=O)(=O)N(Cc1ccc(F)cc1)c1cn(C)c(N2CCCCC2)n1. The summed E-state index contributed by atoms with van der Waals surface area (Å²) in [5.74, 6) is 0.910. The number of benzene rings is 1. The number of aryl methyl sites for hydroxylation is 1. The molecule has 0 aliphatic carbocycles. The Labute approximate surface area is 160 Å². The van der Waals surface area contributed by atoms with E-state index in [0.29, 0.717) is 12.2 Å². The molecule has 0 amide bonds. The molecule has 8 heteroatoms. The Kier molecular flexibility index (Phi) is 6.04. The minimum Gasteiger partial charge on any atom is -0.342 e. The highest BCUT2D eigenvalue weighted by Crippen LogP contribution is 2.26. The third kappa shape index (κ3) is 4.61. The van der Waals surface area contributed by atoms with Gasteiger partial charge in [-0.25, -0.2) is 17.1 Å². The van der Waals surface area contributed by atoms with Gasteiger partial charge >= 0.3 is 0 Å². The maximum Gasteiger partial charge on any atom is 0.236 e. The Morgan fingerprint density at radius 1 is 1.15 bits per heavy atom. The molecule has 148 valence electrons. The normalized spacial score (nSPS) is 15.1. The lowest BCUT2D eigenvalue weighted by Crippen LogP contribution is -2.33. The van der Waals surface area contributed by atoms with Crippen LogP contribution in [-0.2, 0) is 23.6 Å². The van der Waals surface area contributed by atoms with Crippen molar-refractivity contribution in [1.82, 2.24) is 9.55 Å². The van der Waals surface area contributed by atoms with E-state index in [1.807, 2.05) is 18.5 Å². The van der Waals surface area contributed by atoms with Crippen LogP contribution in [0.15, 0.2) is 30.5 Å². The van der Waals surface area contributed by atoms with Crippen molar-refractivity contribution >= 4 is 21.8 Å². The first-order valence-corrected chi connectivity index (χ1v) is 11.0. The summed E-state index contributed by atoms with van der Waals surface area (Å²) in [4.78, 5) is 6.86. The average Bonchev–Trinajstić information content (AvgIpc) is 3.03. The molecule has 0 radical (unpaired) electrons. The molecule has 1 aromatic carbocycles. The van der Waals surface area contributed by atoms with Crippen molar-refractivity contribution < 1.29 is 12.8 Å². The third-order valence-corrected chi connectivity index (χ3v) is 6.68. The highest BCUT2D eigenvalue weighted by Gasteiger charge is 2.26. The Bertz CT molecular complexity index is 858. The molecule has 2 heterocycles. The molecule has 0 saturated carbocycles. The Morgan fingerprint density at radius 2 is 1.81 bits per heavy atom. The predicted octanol–water partition coefficient (Wildman–Crippen LogP) is 3.30. The maximum atomic E-state index is 13.2. The van der Waals surface area contributed by atoms with Crippen LogP contribution < -0.4 is 9.21 Å². The predicted molar refractivity (Wildman–Crippen MR) is 106 cm³/mol. The van der Waals surface area contributed by atoms with Gasteiger partial charge in [-0.1, -0.05) is 19.1 Å². The molecule has 6 nitrogen and oxygen atoms in total. The van der Waals surface area contributed by atoms with Crippen LogP contribution in [0, 0.1) is 5.82 Å². The Morgan fingerprint density at radius 3 is 2.44 bits per heavy atom. The van der Waals surface area contributed by atoms with E-state index in [4.69, 9.17) is 0 Å². The molecule has 1 aromatic heterocycles. The van der Waals surface area contributed by atoms with Crippen LogP contribution in [0.4, 0.5) is 16.2 Å². The standard InChI is InChI=1S/C19H27FN4O2S/c1-3-13-27(25,26)24(14-16-7-9-17(20)10-8-16)18-15-22(2)19(21-18)23-11-5-4-6-12-23/h7-10,15H,3-6,11-14H2,1-2H3. The zero-order chi connectivity index (χ0) is 19.4. The van der Waals surface area contributed by atoms with Crippen molar-refractivity contribution in [1.29, 1.82) is 0 Å². The largest absolute Gasteiger partial charge is 0.342 e. The summed E-state index contributed by atoms with van der Waals surface area (Å²) in [7, 11) is -1.63. The van der Waals surface area contributed by atoms with Gasteiger partial charge in [-0.15, -0.1) is 0 Å². The molecule has 0 spiro atoms. The molecule has 0 bridgehead atoms. The van der Waals surface area contributed by atoms with Crippen LogP contribution in [-0.4, -0.2) is 36.8 Å².